The molecule has 5 amide bonds. The van der Waals surface area contributed by atoms with Gasteiger partial charge in [0, 0.05) is 100 Å². The Morgan fingerprint density at radius 3 is 1.78 bits per heavy atom. The Labute approximate surface area is 428 Å². The number of rotatable bonds is 21. The first-order chi connectivity index (χ1) is 35.8. The number of hydrogen-bond donors (Lipinski definition) is 3. The van der Waals surface area contributed by atoms with E-state index in [2.05, 4.69) is 16.0 Å². The number of aliphatic imine (C=N–C) groups is 2. The summed E-state index contributed by atoms with van der Waals surface area (Å²) in [6.07, 6.45) is 6.30. The Balaban J connectivity index is 0.873. The van der Waals surface area contributed by atoms with Crippen molar-refractivity contribution < 1.29 is 47.8 Å². The summed E-state index contributed by atoms with van der Waals surface area (Å²) >= 11 is 0. The van der Waals surface area contributed by atoms with Crippen LogP contribution in [-0.4, -0.2) is 86.3 Å². The van der Waals surface area contributed by atoms with Crippen molar-refractivity contribution in [1.82, 2.24) is 10.6 Å². The Hall–Kier alpha value is -8.47. The second-order valence-corrected chi connectivity index (χ2v) is 18.8. The van der Waals surface area contributed by atoms with Crippen LogP contribution in [0.5, 0.6) is 17.2 Å². The number of aryl methyl sites for hydroxylation is 1. The minimum Gasteiger partial charge on any atom is -0.493 e. The smallest absolute Gasteiger partial charge is 0.261 e. The van der Waals surface area contributed by atoms with Crippen molar-refractivity contribution >= 4 is 82.0 Å². The van der Waals surface area contributed by atoms with Crippen molar-refractivity contribution in [2.75, 3.05) is 35.8 Å². The zero-order chi connectivity index (χ0) is 51.9. The molecule has 380 valence electrons. The van der Waals surface area contributed by atoms with Crippen LogP contribution in [0.2, 0.25) is 0 Å². The second-order valence-electron chi connectivity index (χ2n) is 18.8. The summed E-state index contributed by atoms with van der Waals surface area (Å²) < 4.78 is 18.6. The van der Waals surface area contributed by atoms with Crippen molar-refractivity contribution in [3.8, 4) is 17.2 Å². The van der Waals surface area contributed by atoms with Crippen LogP contribution in [0.1, 0.15) is 99.9 Å². The average Bonchev–Trinajstić information content (AvgIpc) is 3.90. The number of carbonyl (C=O) groups is 7. The van der Waals surface area contributed by atoms with Gasteiger partial charge >= 0.3 is 0 Å². The molecule has 4 aliphatic heterocycles. The van der Waals surface area contributed by atoms with E-state index in [1.54, 1.807) is 59.5 Å². The summed E-state index contributed by atoms with van der Waals surface area (Å²) in [5.41, 5.74) is 8.12. The van der Waals surface area contributed by atoms with E-state index in [1.807, 2.05) is 67.7 Å². The summed E-state index contributed by atoms with van der Waals surface area (Å²) in [4.78, 5) is 103. The normalized spacial score (nSPS) is 15.6. The lowest BCUT2D eigenvalue weighted by Crippen LogP contribution is -2.37. The number of carbonyl (C=O) groups excluding carboxylic acids is 7. The maximum Gasteiger partial charge on any atom is 0.261 e. The van der Waals surface area contributed by atoms with Gasteiger partial charge in [-0.1, -0.05) is 36.4 Å². The lowest BCUT2D eigenvalue weighted by Gasteiger charge is -2.22. The molecule has 17 heteroatoms. The Bertz CT molecular complexity index is 3130. The molecular formula is C57H57N7O10. The number of ketones is 2. The van der Waals surface area contributed by atoms with Gasteiger partial charge in [-0.05, 0) is 90.0 Å². The maximum atomic E-state index is 14.0. The number of hydrogen-bond acceptors (Lipinski definition) is 12. The number of fused-ring (bicyclic) bond motifs is 8. The molecule has 2 atom stereocenters. The number of anilines is 3. The first kappa shape index (κ1) is 50.5. The van der Waals surface area contributed by atoms with Crippen LogP contribution in [0.4, 0.5) is 28.4 Å². The van der Waals surface area contributed by atoms with Crippen LogP contribution in [0, 0.1) is 6.92 Å². The predicted octanol–water partition coefficient (Wildman–Crippen LogP) is 7.80. The molecule has 4 aliphatic rings. The SMILES string of the molecule is CNC(=O)CCCCC(=O)CCC(=O)NCC(=O)CCC(=O)Nc1cc(COc2cc3c(cc2C)C(=O)N2c4ccccc4C[C@H]2C=N3)cc(COc2cc3c(cc2OC)C(=O)N2c4ccccc4C[C@H]2C=N3)c1. The summed E-state index contributed by atoms with van der Waals surface area (Å²) in [5.74, 6) is -0.570. The highest BCUT2D eigenvalue weighted by atomic mass is 16.5. The van der Waals surface area contributed by atoms with Gasteiger partial charge in [0.15, 0.2) is 17.3 Å². The van der Waals surface area contributed by atoms with Crippen LogP contribution in [0.3, 0.4) is 0 Å². The van der Waals surface area contributed by atoms with Crippen molar-refractivity contribution in [2.24, 2.45) is 9.98 Å². The van der Waals surface area contributed by atoms with Gasteiger partial charge in [0.05, 0.1) is 48.2 Å². The molecule has 0 saturated heterocycles. The van der Waals surface area contributed by atoms with Gasteiger partial charge in [-0.3, -0.25) is 53.3 Å². The van der Waals surface area contributed by atoms with Gasteiger partial charge in [-0.15, -0.1) is 0 Å². The Kier molecular flexibility index (Phi) is 15.4. The fourth-order valence-corrected chi connectivity index (χ4v) is 9.67. The standard InChI is InChI=1S/C57H57N7O10/c1-34-20-44-46(59-29-40-24-37-10-4-7-13-48(37)63(40)56(44)70)27-50(34)73-32-35-21-36(23-39(22-35)62-55(69)19-17-43(66)31-61-54(68)18-16-42(65)12-6-9-15-53(67)58-2)33-74-52-28-47-45(26-51(52)72-3)57(71)64-41(30-60-47)25-38-11-5-8-14-49(38)64/h4-5,7-8,10-11,13-14,20-23,26-30,40-41H,6,9,12,15-19,24-25,31-33H2,1-3H3,(H,58,67)(H,61,68)(H,62,69)/t40-,41-/m0/s1. The number of nitrogens with zero attached hydrogens (tertiary/aromatic N) is 4. The first-order valence-corrected chi connectivity index (χ1v) is 24.8. The maximum absolute atomic E-state index is 14.0. The molecule has 0 unspecified atom stereocenters. The van der Waals surface area contributed by atoms with E-state index in [0.29, 0.717) is 88.7 Å². The summed E-state index contributed by atoms with van der Waals surface area (Å²) in [6.45, 7) is 1.64. The van der Waals surface area contributed by atoms with Gasteiger partial charge < -0.3 is 30.2 Å². The van der Waals surface area contributed by atoms with Gasteiger partial charge in [0.1, 0.15) is 24.7 Å². The van der Waals surface area contributed by atoms with Crippen molar-refractivity contribution in [2.45, 2.75) is 96.4 Å². The Morgan fingerprint density at radius 2 is 1.16 bits per heavy atom. The molecule has 0 spiro atoms. The van der Waals surface area contributed by atoms with E-state index >= 15 is 0 Å². The van der Waals surface area contributed by atoms with E-state index < -0.39 is 11.8 Å². The fourth-order valence-electron chi connectivity index (χ4n) is 9.67. The number of Topliss-reactive ketones (excluding diaryl/α,β-unsaturated/α-hetero) is 2. The zero-order valence-electron chi connectivity index (χ0n) is 41.5. The lowest BCUT2D eigenvalue weighted by atomic mass is 10.1. The zero-order valence-corrected chi connectivity index (χ0v) is 41.5. The first-order valence-electron chi connectivity index (χ1n) is 24.8. The van der Waals surface area contributed by atoms with Gasteiger partial charge in [-0.25, -0.2) is 0 Å². The molecule has 3 N–H and O–H groups in total. The molecule has 0 aliphatic carbocycles. The monoisotopic (exact) mass is 999 g/mol. The molecule has 0 radical (unpaired) electrons. The van der Waals surface area contributed by atoms with E-state index in [9.17, 15) is 33.6 Å². The van der Waals surface area contributed by atoms with Gasteiger partial charge in [0.25, 0.3) is 11.8 Å². The molecule has 0 bridgehead atoms. The van der Waals surface area contributed by atoms with E-state index in [-0.39, 0.29) is 93.2 Å². The third-order valence-electron chi connectivity index (χ3n) is 13.5. The third kappa shape index (κ3) is 11.4. The molecule has 0 aromatic heterocycles. The topological polar surface area (TPSA) is 214 Å². The van der Waals surface area contributed by atoms with Crippen LogP contribution in [0.25, 0.3) is 0 Å². The predicted molar refractivity (Wildman–Crippen MR) is 280 cm³/mol. The number of nitrogens with one attached hydrogen (secondary N) is 3. The number of ether oxygens (including phenoxy) is 3. The largest absolute Gasteiger partial charge is 0.493 e. The number of benzene rings is 5. The number of unbranched alkanes of at least 4 members (excludes halogenated alkanes) is 1. The molecule has 5 aromatic rings. The quantitative estimate of drug-likeness (QED) is 0.0607. The van der Waals surface area contributed by atoms with Crippen molar-refractivity contribution in [3.63, 3.8) is 0 Å². The molecule has 4 heterocycles. The average molecular weight is 1000 g/mol. The third-order valence-corrected chi connectivity index (χ3v) is 13.5. The minimum atomic E-state index is -0.444. The van der Waals surface area contributed by atoms with Crippen molar-refractivity contribution in [1.29, 1.82) is 0 Å². The molecular weight excluding hydrogens is 943 g/mol. The van der Waals surface area contributed by atoms with Crippen LogP contribution in [-0.2, 0) is 50.0 Å². The summed E-state index contributed by atoms with van der Waals surface area (Å²) in [5, 5.41) is 7.97. The highest BCUT2D eigenvalue weighted by molar-refractivity contribution is 6.16. The van der Waals surface area contributed by atoms with Gasteiger partial charge in [-0.2, -0.15) is 0 Å². The molecule has 9 rings (SSSR count). The van der Waals surface area contributed by atoms with E-state index in [4.69, 9.17) is 24.2 Å². The Morgan fingerprint density at radius 1 is 0.608 bits per heavy atom. The van der Waals surface area contributed by atoms with Crippen molar-refractivity contribution in [3.05, 3.63) is 130 Å². The van der Waals surface area contributed by atoms with Gasteiger partial charge in [0.2, 0.25) is 17.7 Å². The summed E-state index contributed by atoms with van der Waals surface area (Å²) in [6, 6.07) is 27.5. The highest BCUT2D eigenvalue weighted by Gasteiger charge is 2.38. The van der Waals surface area contributed by atoms with Crippen LogP contribution < -0.4 is 40.0 Å². The number of methoxy groups -OCH3 is 1. The molecule has 17 nitrogen and oxygen atoms in total. The number of para-hydroxylation sites is 2. The number of amides is 5. The molecule has 0 saturated carbocycles. The molecule has 74 heavy (non-hydrogen) atoms. The minimum absolute atomic E-state index is 0.00258. The highest BCUT2D eigenvalue weighted by Crippen LogP contribution is 2.42. The fraction of sp³-hybridized carbons (Fsp3) is 0.316. The molecule has 5 aromatic carbocycles. The van der Waals surface area contributed by atoms with Crippen LogP contribution in [0.15, 0.2) is 101 Å². The molecule has 0 fully saturated rings. The van der Waals surface area contributed by atoms with E-state index in [0.717, 1.165) is 28.1 Å². The van der Waals surface area contributed by atoms with E-state index in [1.165, 1.54) is 7.11 Å². The lowest BCUT2D eigenvalue weighted by molar-refractivity contribution is -0.127. The van der Waals surface area contributed by atoms with Crippen LogP contribution >= 0.6 is 0 Å². The summed E-state index contributed by atoms with van der Waals surface area (Å²) in [7, 11) is 3.05. The second kappa shape index (κ2) is 22.5.